The van der Waals surface area contributed by atoms with Crippen molar-refractivity contribution in [1.29, 1.82) is 0 Å². The molecule has 0 bridgehead atoms. The van der Waals surface area contributed by atoms with Crippen LogP contribution in [0.5, 0.6) is 0 Å². The monoisotopic (exact) mass is 159 g/mol. The second kappa shape index (κ2) is 4.73. The lowest BCUT2D eigenvalue weighted by Gasteiger charge is -2.32. The zero-order chi connectivity index (χ0) is 9.02. The highest BCUT2D eigenvalue weighted by Gasteiger charge is 2.19. The molecule has 0 aromatic heterocycles. The Morgan fingerprint density at radius 1 is 1.18 bits per heavy atom. The van der Waals surface area contributed by atoms with Crippen LogP contribution in [-0.4, -0.2) is 28.8 Å². The third-order valence-corrected chi connectivity index (χ3v) is 1.96. The summed E-state index contributed by atoms with van der Waals surface area (Å²) in [5, 5.41) is 9.68. The summed E-state index contributed by atoms with van der Waals surface area (Å²) in [7, 11) is 0. The molecule has 0 aromatic carbocycles. The van der Waals surface area contributed by atoms with E-state index in [-0.39, 0.29) is 6.23 Å². The molecule has 0 aromatic rings. The van der Waals surface area contributed by atoms with Crippen LogP contribution in [0.2, 0.25) is 0 Å². The molecule has 0 fully saturated rings. The predicted molar refractivity (Wildman–Crippen MR) is 48.4 cm³/mol. The Kier molecular flexibility index (Phi) is 4.69. The third-order valence-electron chi connectivity index (χ3n) is 1.96. The molecule has 1 atom stereocenters. The molecule has 0 rings (SSSR count). The van der Waals surface area contributed by atoms with E-state index >= 15 is 0 Å². The quantitative estimate of drug-likeness (QED) is 0.631. The van der Waals surface area contributed by atoms with Crippen molar-refractivity contribution in [3.05, 3.63) is 0 Å². The molecule has 0 spiro atoms. The summed E-state index contributed by atoms with van der Waals surface area (Å²) in [6.45, 7) is 11.3. The van der Waals surface area contributed by atoms with Gasteiger partial charge in [0.1, 0.15) is 6.23 Å². The van der Waals surface area contributed by atoms with Gasteiger partial charge in [0.05, 0.1) is 0 Å². The van der Waals surface area contributed by atoms with E-state index in [1.807, 2.05) is 13.8 Å². The van der Waals surface area contributed by atoms with Crippen LogP contribution < -0.4 is 0 Å². The van der Waals surface area contributed by atoms with E-state index in [4.69, 9.17) is 0 Å². The summed E-state index contributed by atoms with van der Waals surface area (Å²) >= 11 is 0. The van der Waals surface area contributed by atoms with Gasteiger partial charge in [-0.1, -0.05) is 20.8 Å². The molecule has 0 aliphatic rings. The first-order valence-corrected chi connectivity index (χ1v) is 4.44. The van der Waals surface area contributed by atoms with Crippen molar-refractivity contribution in [3.8, 4) is 0 Å². The van der Waals surface area contributed by atoms with Gasteiger partial charge in [-0.3, -0.25) is 4.90 Å². The van der Waals surface area contributed by atoms with Crippen LogP contribution in [0.4, 0.5) is 0 Å². The maximum absolute atomic E-state index is 9.68. The van der Waals surface area contributed by atoms with Crippen LogP contribution in [0, 0.1) is 5.92 Å². The molecule has 68 valence electrons. The molecule has 0 aliphatic carbocycles. The molecule has 1 unspecified atom stereocenters. The highest BCUT2D eigenvalue weighted by atomic mass is 16.3. The molecule has 11 heavy (non-hydrogen) atoms. The summed E-state index contributed by atoms with van der Waals surface area (Å²) in [5.41, 5.74) is 0. The van der Waals surface area contributed by atoms with E-state index in [9.17, 15) is 5.11 Å². The molecule has 2 heteroatoms. The average Bonchev–Trinajstić information content (AvgIpc) is 1.88. The van der Waals surface area contributed by atoms with Gasteiger partial charge in [0.15, 0.2) is 0 Å². The molecule has 0 aliphatic heterocycles. The molecule has 0 saturated heterocycles. The molecule has 0 amide bonds. The van der Waals surface area contributed by atoms with Crippen molar-refractivity contribution in [2.75, 3.05) is 6.54 Å². The van der Waals surface area contributed by atoms with Crippen LogP contribution in [0.3, 0.4) is 0 Å². The number of rotatable bonds is 4. The summed E-state index contributed by atoms with van der Waals surface area (Å²) in [5.74, 6) is 0.317. The van der Waals surface area contributed by atoms with E-state index < -0.39 is 0 Å². The second-order valence-electron chi connectivity index (χ2n) is 3.58. The Morgan fingerprint density at radius 2 is 1.64 bits per heavy atom. The van der Waals surface area contributed by atoms with Crippen LogP contribution in [0.1, 0.15) is 34.6 Å². The molecule has 1 N–H and O–H groups in total. The van der Waals surface area contributed by atoms with Crippen LogP contribution >= 0.6 is 0 Å². The van der Waals surface area contributed by atoms with Gasteiger partial charge in [0.2, 0.25) is 0 Å². The average molecular weight is 159 g/mol. The Hall–Kier alpha value is -0.0800. The Bertz CT molecular complexity index is 102. The van der Waals surface area contributed by atoms with Gasteiger partial charge in [0.25, 0.3) is 0 Å². The van der Waals surface area contributed by atoms with Gasteiger partial charge < -0.3 is 5.11 Å². The number of aliphatic hydroxyl groups excluding tert-OH is 1. The number of nitrogens with zero attached hydrogens (tertiary/aromatic N) is 1. The highest BCUT2D eigenvalue weighted by Crippen LogP contribution is 2.10. The van der Waals surface area contributed by atoms with Crippen molar-refractivity contribution < 1.29 is 5.11 Å². The highest BCUT2D eigenvalue weighted by molar-refractivity contribution is 4.66. The molecule has 0 radical (unpaired) electrons. The summed E-state index contributed by atoms with van der Waals surface area (Å²) in [4.78, 5) is 2.09. The maximum Gasteiger partial charge on any atom is 0.109 e. The lowest BCUT2D eigenvalue weighted by Crippen LogP contribution is -2.43. The predicted octanol–water partition coefficient (Wildman–Crippen LogP) is 1.69. The van der Waals surface area contributed by atoms with E-state index in [0.717, 1.165) is 6.54 Å². The normalized spacial score (nSPS) is 15.0. The van der Waals surface area contributed by atoms with E-state index in [1.165, 1.54) is 0 Å². The van der Waals surface area contributed by atoms with Crippen molar-refractivity contribution in [2.45, 2.75) is 46.9 Å². The van der Waals surface area contributed by atoms with Crippen LogP contribution in [-0.2, 0) is 0 Å². The largest absolute Gasteiger partial charge is 0.378 e. The van der Waals surface area contributed by atoms with E-state index in [1.54, 1.807) is 0 Å². The summed E-state index contributed by atoms with van der Waals surface area (Å²) in [6, 6.07) is 0.428. The van der Waals surface area contributed by atoms with Crippen molar-refractivity contribution in [3.63, 3.8) is 0 Å². The van der Waals surface area contributed by atoms with Gasteiger partial charge in [-0.2, -0.15) is 0 Å². The SMILES string of the molecule is CCN(C(C)C)C(O)C(C)C. The fraction of sp³-hybridized carbons (Fsp3) is 1.00. The van der Waals surface area contributed by atoms with Crippen molar-refractivity contribution >= 4 is 0 Å². The Balaban J connectivity index is 4.02. The zero-order valence-electron chi connectivity index (χ0n) is 8.33. The topological polar surface area (TPSA) is 23.5 Å². The lowest BCUT2D eigenvalue weighted by atomic mass is 10.1. The van der Waals surface area contributed by atoms with E-state index in [2.05, 4.69) is 25.7 Å². The number of hydrogen-bond acceptors (Lipinski definition) is 2. The van der Waals surface area contributed by atoms with Gasteiger partial charge in [-0.15, -0.1) is 0 Å². The first-order valence-electron chi connectivity index (χ1n) is 4.44. The van der Waals surface area contributed by atoms with Crippen LogP contribution in [0.15, 0.2) is 0 Å². The number of aliphatic hydroxyl groups is 1. The van der Waals surface area contributed by atoms with Gasteiger partial charge >= 0.3 is 0 Å². The fourth-order valence-electron chi connectivity index (χ4n) is 1.24. The molecule has 2 nitrogen and oxygen atoms in total. The summed E-state index contributed by atoms with van der Waals surface area (Å²) < 4.78 is 0. The summed E-state index contributed by atoms with van der Waals surface area (Å²) in [6.07, 6.45) is -0.292. The lowest BCUT2D eigenvalue weighted by molar-refractivity contribution is -0.0440. The van der Waals surface area contributed by atoms with Gasteiger partial charge in [-0.05, 0) is 26.3 Å². The first-order chi connectivity index (χ1) is 5.00. The first kappa shape index (κ1) is 10.9. The minimum atomic E-state index is -0.292. The Labute approximate surface area is 70.2 Å². The fourth-order valence-corrected chi connectivity index (χ4v) is 1.24. The molecule has 0 heterocycles. The molecule has 0 saturated carbocycles. The second-order valence-corrected chi connectivity index (χ2v) is 3.58. The third kappa shape index (κ3) is 3.21. The van der Waals surface area contributed by atoms with Crippen molar-refractivity contribution in [1.82, 2.24) is 4.90 Å². The smallest absolute Gasteiger partial charge is 0.109 e. The van der Waals surface area contributed by atoms with Crippen LogP contribution in [0.25, 0.3) is 0 Å². The number of hydrogen-bond donors (Lipinski definition) is 1. The minimum Gasteiger partial charge on any atom is -0.378 e. The Morgan fingerprint density at radius 3 is 1.73 bits per heavy atom. The molecular weight excluding hydrogens is 138 g/mol. The van der Waals surface area contributed by atoms with Gasteiger partial charge in [0, 0.05) is 6.04 Å². The standard InChI is InChI=1S/C9H21NO/c1-6-10(8(4)5)9(11)7(2)3/h7-9,11H,6H2,1-5H3. The van der Waals surface area contributed by atoms with Gasteiger partial charge in [-0.25, -0.2) is 0 Å². The zero-order valence-corrected chi connectivity index (χ0v) is 8.33. The van der Waals surface area contributed by atoms with E-state index in [0.29, 0.717) is 12.0 Å². The molecular formula is C9H21NO. The maximum atomic E-state index is 9.68. The van der Waals surface area contributed by atoms with Crippen molar-refractivity contribution in [2.24, 2.45) is 5.92 Å². The minimum absolute atomic E-state index is 0.292.